The van der Waals surface area contributed by atoms with E-state index in [4.69, 9.17) is 4.74 Å². The van der Waals surface area contributed by atoms with E-state index in [1.54, 1.807) is 11.9 Å². The summed E-state index contributed by atoms with van der Waals surface area (Å²) in [5.41, 5.74) is -0.309. The molecule has 2 fully saturated rings. The van der Waals surface area contributed by atoms with Crippen molar-refractivity contribution < 1.29 is 14.3 Å². The van der Waals surface area contributed by atoms with Crippen LogP contribution < -0.4 is 5.32 Å². The van der Waals surface area contributed by atoms with Gasteiger partial charge in [-0.1, -0.05) is 12.8 Å². The zero-order valence-corrected chi connectivity index (χ0v) is 12.6. The van der Waals surface area contributed by atoms with Crippen LogP contribution in [0, 0.1) is 5.41 Å². The summed E-state index contributed by atoms with van der Waals surface area (Å²) in [7, 11) is 1.79. The molecule has 0 spiro atoms. The van der Waals surface area contributed by atoms with Crippen molar-refractivity contribution in [3.8, 4) is 0 Å². The Kier molecular flexibility index (Phi) is 5.02. The van der Waals surface area contributed by atoms with Gasteiger partial charge < -0.3 is 15.0 Å². The predicted molar refractivity (Wildman–Crippen MR) is 76.2 cm³/mol. The molecule has 114 valence electrons. The van der Waals surface area contributed by atoms with Crippen LogP contribution in [0.5, 0.6) is 0 Å². The summed E-state index contributed by atoms with van der Waals surface area (Å²) < 4.78 is 5.42. The summed E-state index contributed by atoms with van der Waals surface area (Å²) in [6, 6.07) is -0.322. The third-order valence-electron chi connectivity index (χ3n) is 4.70. The lowest BCUT2D eigenvalue weighted by atomic mass is 9.81. The van der Waals surface area contributed by atoms with Gasteiger partial charge in [-0.25, -0.2) is 0 Å². The number of hydrogen-bond donors (Lipinski definition) is 1. The van der Waals surface area contributed by atoms with Crippen LogP contribution in [0.15, 0.2) is 0 Å². The van der Waals surface area contributed by atoms with Crippen molar-refractivity contribution in [1.82, 2.24) is 10.2 Å². The molecule has 2 aliphatic rings. The Morgan fingerprint density at radius 3 is 2.70 bits per heavy atom. The molecule has 2 amide bonds. The van der Waals surface area contributed by atoms with Crippen LogP contribution >= 0.6 is 0 Å². The highest BCUT2D eigenvalue weighted by atomic mass is 16.5. The summed E-state index contributed by atoms with van der Waals surface area (Å²) in [6.45, 7) is 4.01. The van der Waals surface area contributed by atoms with Crippen LogP contribution in [0.25, 0.3) is 0 Å². The van der Waals surface area contributed by atoms with Crippen LogP contribution in [-0.2, 0) is 14.3 Å². The number of rotatable bonds is 6. The first kappa shape index (κ1) is 15.3. The number of nitrogens with zero attached hydrogens (tertiary/aromatic N) is 1. The molecule has 0 bridgehead atoms. The summed E-state index contributed by atoms with van der Waals surface area (Å²) in [5.74, 6) is 0.0969. The first-order chi connectivity index (χ1) is 9.59. The summed E-state index contributed by atoms with van der Waals surface area (Å²) in [4.78, 5) is 26.2. The van der Waals surface area contributed by atoms with Gasteiger partial charge in [0.2, 0.25) is 11.8 Å². The second-order valence-corrected chi connectivity index (χ2v) is 6.01. The number of hydrogen-bond acceptors (Lipinski definition) is 3. The average Bonchev–Trinajstić information content (AvgIpc) is 3.02. The van der Waals surface area contributed by atoms with Crippen molar-refractivity contribution in [3.63, 3.8) is 0 Å². The molecule has 1 saturated carbocycles. The molecule has 1 aliphatic carbocycles. The monoisotopic (exact) mass is 282 g/mol. The van der Waals surface area contributed by atoms with E-state index in [9.17, 15) is 9.59 Å². The topological polar surface area (TPSA) is 58.6 Å². The maximum absolute atomic E-state index is 12.6. The maximum atomic E-state index is 12.6. The van der Waals surface area contributed by atoms with E-state index < -0.39 is 0 Å². The van der Waals surface area contributed by atoms with Gasteiger partial charge in [-0.2, -0.15) is 0 Å². The number of nitrogens with one attached hydrogen (secondary N) is 1. The molecule has 5 nitrogen and oxygen atoms in total. The van der Waals surface area contributed by atoms with Gasteiger partial charge in [0.15, 0.2) is 0 Å². The van der Waals surface area contributed by atoms with Crippen LogP contribution in [-0.4, -0.2) is 49.6 Å². The average molecular weight is 282 g/mol. The first-order valence-corrected chi connectivity index (χ1v) is 7.73. The number of likely N-dealkylation sites (N-methyl/N-ethyl adjacent to an activating group) is 1. The summed E-state index contributed by atoms with van der Waals surface area (Å²) in [5, 5.41) is 2.98. The standard InChI is InChI=1S/C15H26N2O3/c1-3-20-11-9-15(7-4-5-8-15)14(19)16-12-6-10-17(2)13(12)18/h12H,3-11H2,1-2H3,(H,16,19). The molecular weight excluding hydrogens is 256 g/mol. The number of amides is 2. The molecule has 1 N–H and O–H groups in total. The van der Waals surface area contributed by atoms with E-state index >= 15 is 0 Å². The Hall–Kier alpha value is -1.10. The van der Waals surface area contributed by atoms with Gasteiger partial charge in [0.25, 0.3) is 0 Å². The first-order valence-electron chi connectivity index (χ1n) is 7.73. The Balaban J connectivity index is 1.95. The fourth-order valence-corrected chi connectivity index (χ4v) is 3.32. The minimum absolute atomic E-state index is 0.0382. The smallest absolute Gasteiger partial charge is 0.244 e. The van der Waals surface area contributed by atoms with Crippen LogP contribution in [0.2, 0.25) is 0 Å². The van der Waals surface area contributed by atoms with Crippen molar-refractivity contribution in [2.45, 2.75) is 51.5 Å². The highest BCUT2D eigenvalue weighted by Gasteiger charge is 2.43. The predicted octanol–water partition coefficient (Wildman–Crippen LogP) is 1.32. The van der Waals surface area contributed by atoms with Crippen molar-refractivity contribution >= 4 is 11.8 Å². The molecule has 0 radical (unpaired) electrons. The normalized spacial score (nSPS) is 25.2. The number of ether oxygens (including phenoxy) is 1. The van der Waals surface area contributed by atoms with Gasteiger partial charge in [0.05, 0.1) is 5.41 Å². The van der Waals surface area contributed by atoms with Gasteiger partial charge in [0.1, 0.15) is 6.04 Å². The molecule has 0 aromatic heterocycles. The van der Waals surface area contributed by atoms with Crippen molar-refractivity contribution in [2.24, 2.45) is 5.41 Å². The van der Waals surface area contributed by atoms with Gasteiger partial charge >= 0.3 is 0 Å². The lowest BCUT2D eigenvalue weighted by Gasteiger charge is -2.29. The molecule has 20 heavy (non-hydrogen) atoms. The zero-order chi connectivity index (χ0) is 14.6. The van der Waals surface area contributed by atoms with Crippen LogP contribution in [0.3, 0.4) is 0 Å². The minimum Gasteiger partial charge on any atom is -0.382 e. The van der Waals surface area contributed by atoms with Crippen molar-refractivity contribution in [2.75, 3.05) is 26.8 Å². The molecule has 1 saturated heterocycles. The molecule has 0 aromatic rings. The minimum atomic E-state index is -0.322. The van der Waals surface area contributed by atoms with Gasteiger partial charge in [-0.15, -0.1) is 0 Å². The second-order valence-electron chi connectivity index (χ2n) is 6.01. The van der Waals surface area contributed by atoms with E-state index in [1.165, 1.54) is 0 Å². The van der Waals surface area contributed by atoms with Gasteiger partial charge in [0, 0.05) is 26.8 Å². The molecule has 1 atom stereocenters. The van der Waals surface area contributed by atoms with Crippen molar-refractivity contribution in [1.29, 1.82) is 0 Å². The lowest BCUT2D eigenvalue weighted by Crippen LogP contribution is -2.47. The molecule has 1 heterocycles. The molecule has 2 rings (SSSR count). The summed E-state index contributed by atoms with van der Waals surface area (Å²) >= 11 is 0. The van der Waals surface area contributed by atoms with E-state index in [0.29, 0.717) is 13.2 Å². The molecular formula is C15H26N2O3. The van der Waals surface area contributed by atoms with Crippen LogP contribution in [0.4, 0.5) is 0 Å². The Bertz CT molecular complexity index is 364. The number of carbonyl (C=O) groups is 2. The Morgan fingerprint density at radius 1 is 1.45 bits per heavy atom. The highest BCUT2D eigenvalue weighted by molar-refractivity contribution is 5.91. The second kappa shape index (κ2) is 6.57. The molecule has 5 heteroatoms. The van der Waals surface area contributed by atoms with E-state index in [1.807, 2.05) is 6.92 Å². The third-order valence-corrected chi connectivity index (χ3v) is 4.70. The highest BCUT2D eigenvalue weighted by Crippen LogP contribution is 2.41. The Labute approximate surface area is 121 Å². The Morgan fingerprint density at radius 2 is 2.15 bits per heavy atom. The summed E-state index contributed by atoms with van der Waals surface area (Å²) in [6.07, 6.45) is 5.52. The SMILES string of the molecule is CCOCCC1(C(=O)NC2CCN(C)C2=O)CCCC1. The third kappa shape index (κ3) is 3.14. The van der Waals surface area contributed by atoms with Crippen LogP contribution in [0.1, 0.15) is 45.4 Å². The molecule has 1 unspecified atom stereocenters. The number of likely N-dealkylation sites (tertiary alicyclic amines) is 1. The lowest BCUT2D eigenvalue weighted by molar-refractivity contribution is -0.137. The fraction of sp³-hybridized carbons (Fsp3) is 0.867. The fourth-order valence-electron chi connectivity index (χ4n) is 3.32. The maximum Gasteiger partial charge on any atom is 0.244 e. The quantitative estimate of drug-likeness (QED) is 0.748. The molecule has 1 aliphatic heterocycles. The van der Waals surface area contributed by atoms with Gasteiger partial charge in [-0.05, 0) is 32.6 Å². The van der Waals surface area contributed by atoms with Gasteiger partial charge in [-0.3, -0.25) is 9.59 Å². The largest absolute Gasteiger partial charge is 0.382 e. The number of carbonyl (C=O) groups excluding carboxylic acids is 2. The van der Waals surface area contributed by atoms with E-state index in [-0.39, 0.29) is 23.3 Å². The zero-order valence-electron chi connectivity index (χ0n) is 12.6. The van der Waals surface area contributed by atoms with E-state index in [2.05, 4.69) is 5.32 Å². The molecule has 0 aromatic carbocycles. The van der Waals surface area contributed by atoms with Crippen molar-refractivity contribution in [3.05, 3.63) is 0 Å². The van der Waals surface area contributed by atoms with E-state index in [0.717, 1.165) is 45.1 Å².